The Morgan fingerprint density at radius 3 is 2.75 bits per heavy atom. The Morgan fingerprint density at radius 1 is 1.50 bits per heavy atom. The van der Waals surface area contributed by atoms with E-state index in [1.54, 1.807) is 12.1 Å². The predicted octanol–water partition coefficient (Wildman–Crippen LogP) is -0.867. The summed E-state index contributed by atoms with van der Waals surface area (Å²) in [6, 6.07) is 4.61. The number of aliphatic hydroxyl groups is 2. The summed E-state index contributed by atoms with van der Waals surface area (Å²) in [5.74, 6) is -0.582. The molecule has 16 heavy (non-hydrogen) atoms. The van der Waals surface area contributed by atoms with Gasteiger partial charge in [0.2, 0.25) is 0 Å². The molecule has 1 amide bonds. The molecule has 0 radical (unpaired) electrons. The summed E-state index contributed by atoms with van der Waals surface area (Å²) in [6.07, 6.45) is -0.901. The van der Waals surface area contributed by atoms with Gasteiger partial charge in [-0.2, -0.15) is 0 Å². The number of nitrogen functional groups attached to an aromatic ring is 1. The first-order chi connectivity index (χ1) is 7.54. The number of carbonyl (C=O) groups excluding carboxylic acids is 1. The summed E-state index contributed by atoms with van der Waals surface area (Å²) >= 11 is 0. The van der Waals surface area contributed by atoms with Crippen LogP contribution in [0.3, 0.4) is 0 Å². The van der Waals surface area contributed by atoms with Gasteiger partial charge in [-0.05, 0) is 18.2 Å². The largest absolute Gasteiger partial charge is 0.399 e. The van der Waals surface area contributed by atoms with E-state index in [0.717, 1.165) is 0 Å². The van der Waals surface area contributed by atoms with E-state index < -0.39 is 12.0 Å². The standard InChI is InChI=1S/C10H15N3O3/c11-6-1-2-8(10(12)16)9(3-6)13-4-7(15)5-14/h1-3,7,13-15H,4-5,11H2,(H2,12,16). The predicted molar refractivity (Wildman–Crippen MR) is 61.0 cm³/mol. The van der Waals surface area contributed by atoms with E-state index in [2.05, 4.69) is 5.32 Å². The van der Waals surface area contributed by atoms with Crippen LogP contribution in [0.2, 0.25) is 0 Å². The maximum Gasteiger partial charge on any atom is 0.250 e. The van der Waals surface area contributed by atoms with Crippen molar-refractivity contribution in [3.8, 4) is 0 Å². The zero-order valence-corrected chi connectivity index (χ0v) is 8.68. The summed E-state index contributed by atoms with van der Waals surface area (Å²) in [4.78, 5) is 11.1. The van der Waals surface area contributed by atoms with Gasteiger partial charge in [0, 0.05) is 17.9 Å². The number of benzene rings is 1. The number of amides is 1. The molecule has 6 heteroatoms. The minimum absolute atomic E-state index is 0.111. The van der Waals surface area contributed by atoms with Gasteiger partial charge in [0.25, 0.3) is 5.91 Å². The lowest BCUT2D eigenvalue weighted by Crippen LogP contribution is -2.24. The van der Waals surface area contributed by atoms with Crippen LogP contribution in [0.15, 0.2) is 18.2 Å². The highest BCUT2D eigenvalue weighted by atomic mass is 16.3. The third kappa shape index (κ3) is 3.11. The molecule has 1 atom stereocenters. The van der Waals surface area contributed by atoms with Gasteiger partial charge < -0.3 is 27.0 Å². The van der Waals surface area contributed by atoms with Crippen molar-refractivity contribution >= 4 is 17.3 Å². The van der Waals surface area contributed by atoms with Crippen LogP contribution in [0, 0.1) is 0 Å². The first-order valence-electron chi connectivity index (χ1n) is 4.76. The Balaban J connectivity index is 2.84. The topological polar surface area (TPSA) is 122 Å². The van der Waals surface area contributed by atoms with Gasteiger partial charge >= 0.3 is 0 Å². The molecule has 1 rings (SSSR count). The summed E-state index contributed by atoms with van der Waals surface area (Å²) < 4.78 is 0. The Labute approximate surface area is 92.9 Å². The maximum absolute atomic E-state index is 11.1. The minimum Gasteiger partial charge on any atom is -0.399 e. The van der Waals surface area contributed by atoms with E-state index in [1.807, 2.05) is 0 Å². The highest BCUT2D eigenvalue weighted by Gasteiger charge is 2.09. The molecule has 0 bridgehead atoms. The molecular formula is C10H15N3O3. The van der Waals surface area contributed by atoms with E-state index in [0.29, 0.717) is 16.9 Å². The Bertz CT molecular complexity index is 382. The van der Waals surface area contributed by atoms with Crippen molar-refractivity contribution in [2.45, 2.75) is 6.10 Å². The fourth-order valence-electron chi connectivity index (χ4n) is 1.22. The lowest BCUT2D eigenvalue weighted by molar-refractivity contribution is 0.0999. The normalized spacial score (nSPS) is 12.1. The number of rotatable bonds is 5. The second-order valence-corrected chi connectivity index (χ2v) is 3.39. The summed E-state index contributed by atoms with van der Waals surface area (Å²) in [7, 11) is 0. The van der Waals surface area contributed by atoms with E-state index in [4.69, 9.17) is 21.7 Å². The van der Waals surface area contributed by atoms with Crippen LogP contribution in [0.1, 0.15) is 10.4 Å². The number of nitrogens with one attached hydrogen (secondary N) is 1. The number of carbonyl (C=O) groups is 1. The van der Waals surface area contributed by atoms with Gasteiger partial charge in [0.1, 0.15) is 0 Å². The lowest BCUT2D eigenvalue weighted by atomic mass is 10.1. The molecule has 0 spiro atoms. The van der Waals surface area contributed by atoms with Gasteiger partial charge in [0.05, 0.1) is 18.3 Å². The van der Waals surface area contributed by atoms with Crippen LogP contribution in [0.25, 0.3) is 0 Å². The van der Waals surface area contributed by atoms with Crippen molar-refractivity contribution in [3.63, 3.8) is 0 Å². The number of hydrogen-bond donors (Lipinski definition) is 5. The van der Waals surface area contributed by atoms with Crippen molar-refractivity contribution in [1.82, 2.24) is 0 Å². The lowest BCUT2D eigenvalue weighted by Gasteiger charge is -2.13. The average Bonchev–Trinajstić information content (AvgIpc) is 2.25. The molecule has 1 aromatic carbocycles. The molecule has 0 aliphatic rings. The zero-order valence-electron chi connectivity index (χ0n) is 8.68. The molecule has 1 unspecified atom stereocenters. The van der Waals surface area contributed by atoms with E-state index in [9.17, 15) is 4.79 Å². The van der Waals surface area contributed by atoms with Crippen molar-refractivity contribution in [1.29, 1.82) is 0 Å². The molecule has 0 saturated heterocycles. The van der Waals surface area contributed by atoms with Gasteiger partial charge in [0.15, 0.2) is 0 Å². The van der Waals surface area contributed by atoms with E-state index in [-0.39, 0.29) is 13.2 Å². The molecule has 1 aromatic rings. The van der Waals surface area contributed by atoms with Crippen molar-refractivity contribution in [2.24, 2.45) is 5.73 Å². The molecular weight excluding hydrogens is 210 g/mol. The summed E-state index contributed by atoms with van der Waals surface area (Å²) in [5.41, 5.74) is 11.9. The Kier molecular flexibility index (Phi) is 4.10. The highest BCUT2D eigenvalue weighted by molar-refractivity contribution is 5.99. The van der Waals surface area contributed by atoms with Crippen molar-refractivity contribution in [3.05, 3.63) is 23.8 Å². The summed E-state index contributed by atoms with van der Waals surface area (Å²) in [5, 5.41) is 20.6. The van der Waals surface area contributed by atoms with Crippen LogP contribution < -0.4 is 16.8 Å². The number of anilines is 2. The fraction of sp³-hybridized carbons (Fsp3) is 0.300. The quantitative estimate of drug-likeness (QED) is 0.417. The monoisotopic (exact) mass is 225 g/mol. The number of hydrogen-bond acceptors (Lipinski definition) is 5. The second-order valence-electron chi connectivity index (χ2n) is 3.39. The third-order valence-electron chi connectivity index (χ3n) is 2.05. The smallest absolute Gasteiger partial charge is 0.250 e. The average molecular weight is 225 g/mol. The summed E-state index contributed by atoms with van der Waals surface area (Å²) in [6.45, 7) is -0.249. The van der Waals surface area contributed by atoms with Crippen molar-refractivity contribution in [2.75, 3.05) is 24.2 Å². The number of nitrogens with two attached hydrogens (primary N) is 2. The van der Waals surface area contributed by atoms with Gasteiger partial charge in [-0.1, -0.05) is 0 Å². The molecule has 0 saturated carbocycles. The first kappa shape index (κ1) is 12.3. The number of aliphatic hydroxyl groups excluding tert-OH is 2. The first-order valence-corrected chi connectivity index (χ1v) is 4.76. The van der Waals surface area contributed by atoms with Crippen LogP contribution >= 0.6 is 0 Å². The van der Waals surface area contributed by atoms with E-state index in [1.165, 1.54) is 6.07 Å². The SMILES string of the molecule is NC(=O)c1ccc(N)cc1NCC(O)CO. The van der Waals surface area contributed by atoms with Gasteiger partial charge in [-0.3, -0.25) is 4.79 Å². The molecule has 0 aromatic heterocycles. The third-order valence-corrected chi connectivity index (χ3v) is 2.05. The molecule has 0 fully saturated rings. The second kappa shape index (κ2) is 5.34. The van der Waals surface area contributed by atoms with Crippen LogP contribution in [-0.2, 0) is 0 Å². The molecule has 0 aliphatic carbocycles. The molecule has 7 N–H and O–H groups in total. The molecule has 0 heterocycles. The molecule has 88 valence electrons. The van der Waals surface area contributed by atoms with Crippen LogP contribution in [0.5, 0.6) is 0 Å². The van der Waals surface area contributed by atoms with Gasteiger partial charge in [-0.15, -0.1) is 0 Å². The Morgan fingerprint density at radius 2 is 2.19 bits per heavy atom. The highest BCUT2D eigenvalue weighted by Crippen LogP contribution is 2.18. The zero-order chi connectivity index (χ0) is 12.1. The maximum atomic E-state index is 11.1. The minimum atomic E-state index is -0.901. The van der Waals surface area contributed by atoms with Crippen LogP contribution in [-0.4, -0.2) is 35.4 Å². The fourth-order valence-corrected chi connectivity index (χ4v) is 1.22. The molecule has 6 nitrogen and oxygen atoms in total. The Hall–Kier alpha value is -1.79. The van der Waals surface area contributed by atoms with Crippen LogP contribution in [0.4, 0.5) is 11.4 Å². The van der Waals surface area contributed by atoms with Gasteiger partial charge in [-0.25, -0.2) is 0 Å². The van der Waals surface area contributed by atoms with Crippen molar-refractivity contribution < 1.29 is 15.0 Å². The van der Waals surface area contributed by atoms with E-state index >= 15 is 0 Å². The number of primary amides is 1. The molecule has 0 aliphatic heterocycles.